The summed E-state index contributed by atoms with van der Waals surface area (Å²) in [5, 5.41) is 3.39. The Hall–Kier alpha value is 1.75. The van der Waals surface area contributed by atoms with Gasteiger partial charge in [0.25, 0.3) is 0 Å². The van der Waals surface area contributed by atoms with Crippen molar-refractivity contribution >= 4 is 59.7 Å². The van der Waals surface area contributed by atoms with Crippen LogP contribution in [0, 0.1) is 0 Å². The van der Waals surface area contributed by atoms with Crippen molar-refractivity contribution in [3.05, 3.63) is 0 Å². The molecule has 0 rings (SSSR count). The second-order valence-electron chi connectivity index (χ2n) is 2.03. The standard InChI is InChI=1S/C7H16S5/c1-9-3-2-4-10-6-12-7-11-5-8/h8H,2-7H2,1H3. The van der Waals surface area contributed by atoms with Crippen LogP contribution in [0.2, 0.25) is 0 Å². The molecular weight excluding hydrogens is 244 g/mol. The predicted octanol–water partition coefficient (Wildman–Crippen LogP) is 3.74. The van der Waals surface area contributed by atoms with Gasteiger partial charge >= 0.3 is 0 Å². The van der Waals surface area contributed by atoms with Crippen molar-refractivity contribution in [2.75, 3.05) is 33.0 Å². The highest BCUT2D eigenvalue weighted by atomic mass is 32.2. The smallest absolute Gasteiger partial charge is 0.0408 e. The van der Waals surface area contributed by atoms with E-state index in [1.807, 2.05) is 35.3 Å². The molecule has 0 radical (unpaired) electrons. The second-order valence-corrected chi connectivity index (χ2v) is 7.56. The van der Waals surface area contributed by atoms with Crippen molar-refractivity contribution in [1.82, 2.24) is 0 Å². The SMILES string of the molecule is CSCCCSCSCSCS. The van der Waals surface area contributed by atoms with Gasteiger partial charge in [-0.15, -0.1) is 23.5 Å². The zero-order valence-corrected chi connectivity index (χ0v) is 11.5. The number of thioether (sulfide) groups is 4. The van der Waals surface area contributed by atoms with Crippen LogP contribution in [-0.2, 0) is 0 Å². The summed E-state index contributed by atoms with van der Waals surface area (Å²) in [5.41, 5.74) is 0. The zero-order chi connectivity index (χ0) is 9.07. The van der Waals surface area contributed by atoms with Gasteiger partial charge in [0.15, 0.2) is 0 Å². The molecular formula is C7H16S5. The largest absolute Gasteiger partial charge is 0.168 e. The van der Waals surface area contributed by atoms with Crippen LogP contribution in [-0.4, -0.2) is 33.0 Å². The zero-order valence-electron chi connectivity index (χ0n) is 7.32. The van der Waals surface area contributed by atoms with Crippen molar-refractivity contribution in [1.29, 1.82) is 0 Å². The molecule has 74 valence electrons. The Morgan fingerprint density at radius 1 is 1.00 bits per heavy atom. The molecule has 0 atom stereocenters. The van der Waals surface area contributed by atoms with E-state index in [-0.39, 0.29) is 0 Å². The first-order chi connectivity index (χ1) is 5.91. The minimum Gasteiger partial charge on any atom is -0.168 e. The summed E-state index contributed by atoms with van der Waals surface area (Å²) in [7, 11) is 0. The van der Waals surface area contributed by atoms with Crippen LogP contribution in [0.25, 0.3) is 0 Å². The van der Waals surface area contributed by atoms with Gasteiger partial charge in [-0.05, 0) is 24.2 Å². The molecule has 0 aliphatic rings. The lowest BCUT2D eigenvalue weighted by atomic mass is 10.6. The van der Waals surface area contributed by atoms with E-state index in [2.05, 4.69) is 30.6 Å². The first-order valence-electron chi connectivity index (χ1n) is 3.75. The molecule has 0 amide bonds. The topological polar surface area (TPSA) is 0 Å². The van der Waals surface area contributed by atoms with E-state index in [1.54, 1.807) is 0 Å². The normalized spacial score (nSPS) is 10.5. The van der Waals surface area contributed by atoms with E-state index in [1.165, 1.54) is 28.1 Å². The van der Waals surface area contributed by atoms with E-state index >= 15 is 0 Å². The highest BCUT2D eigenvalue weighted by Gasteiger charge is 1.90. The summed E-state index contributed by atoms with van der Waals surface area (Å²) in [6, 6.07) is 0. The maximum atomic E-state index is 4.13. The van der Waals surface area contributed by atoms with E-state index in [4.69, 9.17) is 0 Å². The van der Waals surface area contributed by atoms with Crippen LogP contribution in [0.1, 0.15) is 6.42 Å². The average molecular weight is 261 g/mol. The summed E-state index contributed by atoms with van der Waals surface area (Å²) in [6.07, 6.45) is 3.52. The summed E-state index contributed by atoms with van der Waals surface area (Å²) < 4.78 is 0. The molecule has 0 saturated carbocycles. The number of hydrogen-bond acceptors (Lipinski definition) is 5. The van der Waals surface area contributed by atoms with Gasteiger partial charge in [0.2, 0.25) is 0 Å². The maximum absolute atomic E-state index is 4.13. The first kappa shape index (κ1) is 13.8. The van der Waals surface area contributed by atoms with Crippen molar-refractivity contribution in [2.24, 2.45) is 0 Å². The maximum Gasteiger partial charge on any atom is 0.0408 e. The third-order valence-corrected chi connectivity index (χ3v) is 5.73. The van der Waals surface area contributed by atoms with Gasteiger partial charge < -0.3 is 0 Å². The van der Waals surface area contributed by atoms with Crippen molar-refractivity contribution in [3.8, 4) is 0 Å². The van der Waals surface area contributed by atoms with Crippen molar-refractivity contribution in [2.45, 2.75) is 6.42 Å². The molecule has 5 heteroatoms. The van der Waals surface area contributed by atoms with Gasteiger partial charge in [0, 0.05) is 15.3 Å². The molecule has 12 heavy (non-hydrogen) atoms. The van der Waals surface area contributed by atoms with Gasteiger partial charge in [-0.2, -0.15) is 36.2 Å². The van der Waals surface area contributed by atoms with Crippen LogP contribution < -0.4 is 0 Å². The highest BCUT2D eigenvalue weighted by Crippen LogP contribution is 2.18. The summed E-state index contributed by atoms with van der Waals surface area (Å²) in [5.74, 6) is 2.63. The Balaban J connectivity index is 2.73. The fraction of sp³-hybridized carbons (Fsp3) is 1.00. The van der Waals surface area contributed by atoms with Crippen LogP contribution in [0.15, 0.2) is 0 Å². The van der Waals surface area contributed by atoms with E-state index < -0.39 is 0 Å². The summed E-state index contributed by atoms with van der Waals surface area (Å²) in [4.78, 5) is 0. The van der Waals surface area contributed by atoms with Crippen LogP contribution in [0.4, 0.5) is 0 Å². The van der Waals surface area contributed by atoms with Gasteiger partial charge in [-0.1, -0.05) is 0 Å². The molecule has 0 aliphatic heterocycles. The lowest BCUT2D eigenvalue weighted by Crippen LogP contribution is -1.83. The van der Waals surface area contributed by atoms with Crippen LogP contribution in [0.3, 0.4) is 0 Å². The van der Waals surface area contributed by atoms with E-state index in [9.17, 15) is 0 Å². The Kier molecular flexibility index (Phi) is 14.6. The molecule has 0 fully saturated rings. The lowest BCUT2D eigenvalue weighted by Gasteiger charge is -1.99. The minimum atomic E-state index is 0.949. The second kappa shape index (κ2) is 12.8. The molecule has 0 nitrogen and oxygen atoms in total. The van der Waals surface area contributed by atoms with Crippen LogP contribution >= 0.6 is 59.7 Å². The average Bonchev–Trinajstić information content (AvgIpc) is 2.10. The molecule has 0 aromatic heterocycles. The van der Waals surface area contributed by atoms with Crippen LogP contribution in [0.5, 0.6) is 0 Å². The van der Waals surface area contributed by atoms with Gasteiger partial charge in [-0.25, -0.2) is 0 Å². The monoisotopic (exact) mass is 260 g/mol. The molecule has 0 aliphatic carbocycles. The Morgan fingerprint density at radius 3 is 2.42 bits per heavy atom. The molecule has 0 saturated heterocycles. The third-order valence-electron chi connectivity index (χ3n) is 1.06. The minimum absolute atomic E-state index is 0.949. The molecule has 0 unspecified atom stereocenters. The molecule has 0 aromatic rings. The van der Waals surface area contributed by atoms with Crippen molar-refractivity contribution in [3.63, 3.8) is 0 Å². The predicted molar refractivity (Wildman–Crippen MR) is 74.2 cm³/mol. The fourth-order valence-corrected chi connectivity index (χ4v) is 4.79. The van der Waals surface area contributed by atoms with Gasteiger partial charge in [-0.3, -0.25) is 0 Å². The van der Waals surface area contributed by atoms with E-state index in [0.717, 1.165) is 5.08 Å². The number of rotatable bonds is 9. The summed E-state index contributed by atoms with van der Waals surface area (Å²) in [6.45, 7) is 0. The Morgan fingerprint density at radius 2 is 1.75 bits per heavy atom. The highest BCUT2D eigenvalue weighted by molar-refractivity contribution is 8.24. The first-order valence-corrected chi connectivity index (χ1v) is 9.24. The fourth-order valence-electron chi connectivity index (χ4n) is 0.553. The Labute approximate surface area is 98.6 Å². The lowest BCUT2D eigenvalue weighted by molar-refractivity contribution is 1.13. The van der Waals surface area contributed by atoms with Gasteiger partial charge in [0.1, 0.15) is 0 Å². The van der Waals surface area contributed by atoms with Crippen molar-refractivity contribution < 1.29 is 0 Å². The quantitative estimate of drug-likeness (QED) is 0.381. The molecule has 0 heterocycles. The third kappa shape index (κ3) is 11.8. The molecule has 0 spiro atoms. The summed E-state index contributed by atoms with van der Waals surface area (Å²) >= 11 is 12.0. The molecule has 0 N–H and O–H groups in total. The molecule has 0 bridgehead atoms. The molecule has 0 aromatic carbocycles. The van der Waals surface area contributed by atoms with E-state index in [0.29, 0.717) is 0 Å². The Bertz CT molecular complexity index is 68.2. The number of thiol groups is 1. The number of hydrogen-bond donors (Lipinski definition) is 1. The van der Waals surface area contributed by atoms with Gasteiger partial charge in [0.05, 0.1) is 0 Å².